The van der Waals surface area contributed by atoms with Crippen LogP contribution in [0.3, 0.4) is 0 Å². The summed E-state index contributed by atoms with van der Waals surface area (Å²) in [5.41, 5.74) is 3.68. The number of carbonyl (C=O) groups excluding carboxylic acids is 1. The highest BCUT2D eigenvalue weighted by Gasteiger charge is 2.14. The van der Waals surface area contributed by atoms with E-state index >= 15 is 0 Å². The first-order valence-corrected chi connectivity index (χ1v) is 10.5. The Bertz CT molecular complexity index is 941. The van der Waals surface area contributed by atoms with Crippen molar-refractivity contribution >= 4 is 45.6 Å². The molecule has 150 valence electrons. The molecule has 1 fully saturated rings. The monoisotopic (exact) mass is 501 g/mol. The molecule has 2 N–H and O–H groups in total. The summed E-state index contributed by atoms with van der Waals surface area (Å²) >= 11 is 2.22. The molecule has 7 heteroatoms. The van der Waals surface area contributed by atoms with Crippen LogP contribution in [0.4, 0.5) is 17.1 Å². The van der Waals surface area contributed by atoms with Gasteiger partial charge in [0.05, 0.1) is 0 Å². The van der Waals surface area contributed by atoms with Gasteiger partial charge in [-0.3, -0.25) is 4.79 Å². The van der Waals surface area contributed by atoms with Gasteiger partial charge in [-0.05, 0) is 84.6 Å². The molecular weight excluding hydrogens is 477 g/mol. The van der Waals surface area contributed by atoms with E-state index in [4.69, 9.17) is 0 Å². The molecule has 2 aromatic carbocycles. The van der Waals surface area contributed by atoms with Crippen LogP contribution in [0, 0.1) is 21.8 Å². The Morgan fingerprint density at radius 2 is 1.83 bits per heavy atom. The summed E-state index contributed by atoms with van der Waals surface area (Å²) < 4.78 is 1.09. The Kier molecular flexibility index (Phi) is 7.12. The van der Waals surface area contributed by atoms with Crippen LogP contribution in [-0.4, -0.2) is 44.0 Å². The van der Waals surface area contributed by atoms with E-state index in [1.54, 1.807) is 0 Å². The van der Waals surface area contributed by atoms with E-state index in [9.17, 15) is 10.1 Å². The zero-order valence-corrected chi connectivity index (χ0v) is 18.7. The fraction of sp³-hybridized carbons (Fsp3) is 0.273. The van der Waals surface area contributed by atoms with E-state index in [0.29, 0.717) is 5.69 Å². The maximum absolute atomic E-state index is 12.4. The van der Waals surface area contributed by atoms with Gasteiger partial charge in [-0.1, -0.05) is 0 Å². The highest BCUT2D eigenvalue weighted by atomic mass is 127. The second kappa shape index (κ2) is 9.76. The molecule has 0 aliphatic carbocycles. The summed E-state index contributed by atoms with van der Waals surface area (Å²) in [6.07, 6.45) is 1.45. The summed E-state index contributed by atoms with van der Waals surface area (Å²) in [7, 11) is 2.14. The minimum absolute atomic E-state index is 0.0195. The van der Waals surface area contributed by atoms with Crippen LogP contribution >= 0.6 is 22.6 Å². The van der Waals surface area contributed by atoms with Gasteiger partial charge < -0.3 is 20.4 Å². The minimum Gasteiger partial charge on any atom is -0.369 e. The van der Waals surface area contributed by atoms with Crippen molar-refractivity contribution in [2.45, 2.75) is 6.92 Å². The molecular formula is C22H24IN5O. The third kappa shape index (κ3) is 5.71. The average molecular weight is 501 g/mol. The summed E-state index contributed by atoms with van der Waals surface area (Å²) in [6, 6.07) is 15.7. The van der Waals surface area contributed by atoms with Gasteiger partial charge in [0, 0.05) is 53.0 Å². The first-order chi connectivity index (χ1) is 14.0. The van der Waals surface area contributed by atoms with Crippen LogP contribution in [-0.2, 0) is 4.79 Å². The van der Waals surface area contributed by atoms with Crippen LogP contribution in [0.25, 0.3) is 0 Å². The van der Waals surface area contributed by atoms with Crippen molar-refractivity contribution in [3.8, 4) is 6.07 Å². The number of nitrogens with zero attached hydrogens (tertiary/aromatic N) is 3. The number of anilines is 3. The second-order valence-corrected chi connectivity index (χ2v) is 8.31. The predicted molar refractivity (Wildman–Crippen MR) is 126 cm³/mol. The molecule has 3 rings (SSSR count). The molecule has 0 spiro atoms. The van der Waals surface area contributed by atoms with Gasteiger partial charge in [-0.2, -0.15) is 5.26 Å². The molecule has 0 bridgehead atoms. The van der Waals surface area contributed by atoms with Crippen LogP contribution < -0.4 is 15.5 Å². The third-order valence-corrected chi connectivity index (χ3v) is 5.59. The Hall–Kier alpha value is -2.57. The molecule has 1 aliphatic rings. The summed E-state index contributed by atoms with van der Waals surface area (Å²) in [6.45, 7) is 6.07. The molecule has 0 unspecified atom stereocenters. The van der Waals surface area contributed by atoms with Crippen LogP contribution in [0.1, 0.15) is 5.56 Å². The van der Waals surface area contributed by atoms with E-state index in [1.165, 1.54) is 11.9 Å². The topological polar surface area (TPSA) is 71.4 Å². The van der Waals surface area contributed by atoms with Crippen LogP contribution in [0.15, 0.2) is 54.2 Å². The van der Waals surface area contributed by atoms with Gasteiger partial charge in [0.15, 0.2) is 0 Å². The van der Waals surface area contributed by atoms with Crippen molar-refractivity contribution in [2.75, 3.05) is 48.8 Å². The fourth-order valence-corrected chi connectivity index (χ4v) is 3.74. The third-order valence-electron chi connectivity index (χ3n) is 4.92. The number of carbonyl (C=O) groups is 1. The number of benzene rings is 2. The molecule has 0 atom stereocenters. The minimum atomic E-state index is -0.432. The van der Waals surface area contributed by atoms with Crippen LogP contribution in [0.5, 0.6) is 0 Å². The number of halogens is 1. The van der Waals surface area contributed by atoms with Gasteiger partial charge in [0.25, 0.3) is 5.91 Å². The fourth-order valence-electron chi connectivity index (χ4n) is 3.09. The highest BCUT2D eigenvalue weighted by Crippen LogP contribution is 2.20. The lowest BCUT2D eigenvalue weighted by Gasteiger charge is -2.34. The van der Waals surface area contributed by atoms with Crippen molar-refractivity contribution in [3.05, 3.63) is 63.4 Å². The molecule has 0 saturated carbocycles. The van der Waals surface area contributed by atoms with E-state index in [-0.39, 0.29) is 5.57 Å². The second-order valence-electron chi connectivity index (χ2n) is 7.06. The van der Waals surface area contributed by atoms with Crippen molar-refractivity contribution in [3.63, 3.8) is 0 Å². The Balaban J connectivity index is 1.62. The molecule has 29 heavy (non-hydrogen) atoms. The molecule has 1 heterocycles. The lowest BCUT2D eigenvalue weighted by atomic mass is 10.2. The SMILES string of the molecule is Cc1cc(I)ccc1NC(=O)/C(C#N)=C\Nc1ccc(N2CCN(C)CC2)cc1. The number of aryl methyl sites for hydroxylation is 1. The first kappa shape index (κ1) is 21.1. The Morgan fingerprint density at radius 1 is 1.14 bits per heavy atom. The maximum Gasteiger partial charge on any atom is 0.267 e. The molecule has 1 aliphatic heterocycles. The number of hydrogen-bond donors (Lipinski definition) is 2. The van der Waals surface area contributed by atoms with Crippen molar-refractivity contribution < 1.29 is 4.79 Å². The van der Waals surface area contributed by atoms with E-state index in [0.717, 1.165) is 41.0 Å². The summed E-state index contributed by atoms with van der Waals surface area (Å²) in [4.78, 5) is 17.1. The number of nitrogens with one attached hydrogen (secondary N) is 2. The Morgan fingerprint density at radius 3 is 2.45 bits per heavy atom. The lowest BCUT2D eigenvalue weighted by molar-refractivity contribution is -0.112. The average Bonchev–Trinajstić information content (AvgIpc) is 2.72. The summed E-state index contributed by atoms with van der Waals surface area (Å²) in [5.74, 6) is -0.432. The van der Waals surface area contributed by atoms with Crippen molar-refractivity contribution in [1.29, 1.82) is 5.26 Å². The predicted octanol–water partition coefficient (Wildman–Crippen LogP) is 3.81. The van der Waals surface area contributed by atoms with E-state index < -0.39 is 5.91 Å². The van der Waals surface area contributed by atoms with Crippen molar-refractivity contribution in [2.24, 2.45) is 0 Å². The number of piperazine rings is 1. The van der Waals surface area contributed by atoms with Gasteiger partial charge >= 0.3 is 0 Å². The molecule has 0 radical (unpaired) electrons. The van der Waals surface area contributed by atoms with Crippen molar-refractivity contribution in [1.82, 2.24) is 4.90 Å². The molecule has 1 saturated heterocycles. The maximum atomic E-state index is 12.4. The quantitative estimate of drug-likeness (QED) is 0.371. The molecule has 1 amide bonds. The molecule has 6 nitrogen and oxygen atoms in total. The van der Waals surface area contributed by atoms with Gasteiger partial charge in [0.2, 0.25) is 0 Å². The van der Waals surface area contributed by atoms with E-state index in [1.807, 2.05) is 43.3 Å². The van der Waals surface area contributed by atoms with E-state index in [2.05, 4.69) is 62.2 Å². The molecule has 2 aromatic rings. The van der Waals surface area contributed by atoms with Crippen LogP contribution in [0.2, 0.25) is 0 Å². The normalized spacial score (nSPS) is 15.0. The zero-order chi connectivity index (χ0) is 20.8. The number of likely N-dealkylation sites (N-methyl/N-ethyl adjacent to an activating group) is 1. The highest BCUT2D eigenvalue weighted by molar-refractivity contribution is 14.1. The van der Waals surface area contributed by atoms with Gasteiger partial charge in [-0.25, -0.2) is 0 Å². The lowest BCUT2D eigenvalue weighted by Crippen LogP contribution is -2.44. The largest absolute Gasteiger partial charge is 0.369 e. The molecule has 0 aromatic heterocycles. The standard InChI is InChI=1S/C22H24IN5O/c1-16-13-18(23)3-8-21(16)26-22(29)17(14-24)15-25-19-4-6-20(7-5-19)28-11-9-27(2)10-12-28/h3-8,13,15,25H,9-12H2,1-2H3,(H,26,29)/b17-15-. The number of rotatable bonds is 5. The summed E-state index contributed by atoms with van der Waals surface area (Å²) in [5, 5.41) is 15.2. The zero-order valence-electron chi connectivity index (χ0n) is 16.6. The Labute approximate surface area is 185 Å². The van der Waals surface area contributed by atoms with Gasteiger partial charge in [-0.15, -0.1) is 0 Å². The van der Waals surface area contributed by atoms with Gasteiger partial charge in [0.1, 0.15) is 11.6 Å². The number of nitriles is 1. The first-order valence-electron chi connectivity index (χ1n) is 9.44. The smallest absolute Gasteiger partial charge is 0.267 e. The number of amides is 1. The number of hydrogen-bond acceptors (Lipinski definition) is 5.